The van der Waals surface area contributed by atoms with Gasteiger partial charge in [0.25, 0.3) is 0 Å². The number of hydrogen-bond donors (Lipinski definition) is 2. The predicted octanol–water partition coefficient (Wildman–Crippen LogP) is 1.76. The normalized spacial score (nSPS) is 19.6. The van der Waals surface area contributed by atoms with Crippen molar-refractivity contribution in [1.29, 1.82) is 0 Å². The summed E-state index contributed by atoms with van der Waals surface area (Å²) >= 11 is 0. The molecule has 2 heteroatoms. The molecule has 0 spiro atoms. The molecule has 0 bridgehead atoms. The molecule has 1 saturated heterocycles. The number of piperidine rings is 1. The second kappa shape index (κ2) is 6.39. The highest BCUT2D eigenvalue weighted by Gasteiger charge is 2.11. The van der Waals surface area contributed by atoms with Gasteiger partial charge >= 0.3 is 0 Å². The van der Waals surface area contributed by atoms with Crippen molar-refractivity contribution in [3.8, 4) is 0 Å². The van der Waals surface area contributed by atoms with Crippen molar-refractivity contribution >= 4 is 0 Å². The van der Waals surface area contributed by atoms with Crippen molar-refractivity contribution in [3.63, 3.8) is 0 Å². The Balaban J connectivity index is 1.92. The molecule has 0 aliphatic carbocycles. The van der Waals surface area contributed by atoms with Crippen LogP contribution in [0.1, 0.15) is 39.5 Å². The fraction of sp³-hybridized carbons (Fsp3) is 1.00. The maximum absolute atomic E-state index is 3.47. The van der Waals surface area contributed by atoms with Crippen LogP contribution in [0.2, 0.25) is 0 Å². The van der Waals surface area contributed by atoms with Crippen molar-refractivity contribution in [2.75, 3.05) is 19.6 Å². The topological polar surface area (TPSA) is 24.1 Å². The molecule has 1 heterocycles. The van der Waals surface area contributed by atoms with E-state index in [1.165, 1.54) is 45.3 Å². The molecule has 0 unspecified atom stereocenters. The van der Waals surface area contributed by atoms with E-state index in [-0.39, 0.29) is 0 Å². The van der Waals surface area contributed by atoms with E-state index in [2.05, 4.69) is 24.5 Å². The van der Waals surface area contributed by atoms with Crippen LogP contribution in [0.5, 0.6) is 0 Å². The summed E-state index contributed by atoms with van der Waals surface area (Å²) in [6, 6.07) is 0.646. The minimum absolute atomic E-state index is 0.646. The number of rotatable bonds is 5. The van der Waals surface area contributed by atoms with Gasteiger partial charge in [-0.3, -0.25) is 0 Å². The number of nitrogens with one attached hydrogen (secondary N) is 2. The summed E-state index contributed by atoms with van der Waals surface area (Å²) in [6.45, 7) is 8.10. The highest BCUT2D eigenvalue weighted by atomic mass is 14.9. The van der Waals surface area contributed by atoms with Gasteiger partial charge in [-0.2, -0.15) is 0 Å². The van der Waals surface area contributed by atoms with E-state index in [9.17, 15) is 0 Å². The second-order valence-corrected chi connectivity index (χ2v) is 4.44. The SMILES string of the molecule is CC(C)NCCCC1CCNCC1. The molecule has 2 N–H and O–H groups in total. The standard InChI is InChI=1S/C11H24N2/c1-10(2)13-7-3-4-11-5-8-12-9-6-11/h10-13H,3-9H2,1-2H3. The monoisotopic (exact) mass is 184 g/mol. The third-order valence-corrected chi connectivity index (χ3v) is 2.80. The lowest BCUT2D eigenvalue weighted by Gasteiger charge is -2.22. The first kappa shape index (κ1) is 11.0. The van der Waals surface area contributed by atoms with Gasteiger partial charge in [-0.05, 0) is 51.2 Å². The lowest BCUT2D eigenvalue weighted by Crippen LogP contribution is -2.29. The van der Waals surface area contributed by atoms with Crippen LogP contribution < -0.4 is 10.6 Å². The Labute approximate surface area is 82.5 Å². The van der Waals surface area contributed by atoms with Crippen molar-refractivity contribution in [3.05, 3.63) is 0 Å². The summed E-state index contributed by atoms with van der Waals surface area (Å²) in [5.74, 6) is 0.996. The smallest absolute Gasteiger partial charge is 0.00103 e. The van der Waals surface area contributed by atoms with Crippen molar-refractivity contribution < 1.29 is 0 Å². The maximum Gasteiger partial charge on any atom is 0.00103 e. The molecule has 13 heavy (non-hydrogen) atoms. The number of hydrogen-bond acceptors (Lipinski definition) is 2. The van der Waals surface area contributed by atoms with E-state index in [0.29, 0.717) is 6.04 Å². The summed E-state index contributed by atoms with van der Waals surface area (Å²) in [5, 5.41) is 6.88. The van der Waals surface area contributed by atoms with Crippen LogP contribution in [0.15, 0.2) is 0 Å². The lowest BCUT2D eigenvalue weighted by atomic mass is 9.93. The minimum Gasteiger partial charge on any atom is -0.317 e. The fourth-order valence-corrected chi connectivity index (χ4v) is 1.95. The van der Waals surface area contributed by atoms with Crippen LogP contribution in [-0.4, -0.2) is 25.7 Å². The summed E-state index contributed by atoms with van der Waals surface area (Å²) in [4.78, 5) is 0. The molecule has 1 fully saturated rings. The lowest BCUT2D eigenvalue weighted by molar-refractivity contribution is 0.343. The Morgan fingerprint density at radius 3 is 2.62 bits per heavy atom. The Kier molecular flexibility index (Phi) is 5.40. The average Bonchev–Trinajstić information content (AvgIpc) is 2.14. The third-order valence-electron chi connectivity index (χ3n) is 2.80. The van der Waals surface area contributed by atoms with E-state index in [1.807, 2.05) is 0 Å². The molecule has 78 valence electrons. The fourth-order valence-electron chi connectivity index (χ4n) is 1.95. The molecule has 0 aromatic carbocycles. The Hall–Kier alpha value is -0.0800. The van der Waals surface area contributed by atoms with Gasteiger partial charge in [0.2, 0.25) is 0 Å². The highest BCUT2D eigenvalue weighted by molar-refractivity contribution is 4.68. The van der Waals surface area contributed by atoms with Crippen LogP contribution >= 0.6 is 0 Å². The first-order valence-corrected chi connectivity index (χ1v) is 5.73. The summed E-state index contributed by atoms with van der Waals surface area (Å²) in [5.41, 5.74) is 0. The Bertz CT molecular complexity index is 117. The van der Waals surface area contributed by atoms with Gasteiger partial charge in [-0.15, -0.1) is 0 Å². The Morgan fingerprint density at radius 1 is 1.31 bits per heavy atom. The van der Waals surface area contributed by atoms with Crippen LogP contribution in [0.4, 0.5) is 0 Å². The molecule has 0 aromatic rings. The molecular formula is C11H24N2. The largest absolute Gasteiger partial charge is 0.317 e. The molecule has 0 radical (unpaired) electrons. The molecular weight excluding hydrogens is 160 g/mol. The van der Waals surface area contributed by atoms with E-state index < -0.39 is 0 Å². The Morgan fingerprint density at radius 2 is 2.00 bits per heavy atom. The van der Waals surface area contributed by atoms with Crippen LogP contribution in [0.3, 0.4) is 0 Å². The zero-order valence-corrected chi connectivity index (χ0v) is 9.10. The molecule has 0 atom stereocenters. The van der Waals surface area contributed by atoms with Crippen LogP contribution in [0, 0.1) is 5.92 Å². The van der Waals surface area contributed by atoms with Gasteiger partial charge in [0, 0.05) is 6.04 Å². The molecule has 1 aliphatic heterocycles. The molecule has 0 aromatic heterocycles. The van der Waals surface area contributed by atoms with Crippen molar-refractivity contribution in [2.24, 2.45) is 5.92 Å². The van der Waals surface area contributed by atoms with Gasteiger partial charge in [0.05, 0.1) is 0 Å². The van der Waals surface area contributed by atoms with E-state index in [4.69, 9.17) is 0 Å². The first-order chi connectivity index (χ1) is 6.29. The molecule has 0 saturated carbocycles. The van der Waals surface area contributed by atoms with Gasteiger partial charge in [0.15, 0.2) is 0 Å². The molecule has 2 nitrogen and oxygen atoms in total. The van der Waals surface area contributed by atoms with E-state index in [0.717, 1.165) is 5.92 Å². The van der Waals surface area contributed by atoms with Crippen LogP contribution in [0.25, 0.3) is 0 Å². The predicted molar refractivity (Wildman–Crippen MR) is 58.0 cm³/mol. The summed E-state index contributed by atoms with van der Waals surface area (Å²) in [6.07, 6.45) is 5.55. The van der Waals surface area contributed by atoms with E-state index >= 15 is 0 Å². The summed E-state index contributed by atoms with van der Waals surface area (Å²) in [7, 11) is 0. The summed E-state index contributed by atoms with van der Waals surface area (Å²) < 4.78 is 0. The van der Waals surface area contributed by atoms with Gasteiger partial charge in [-0.25, -0.2) is 0 Å². The zero-order chi connectivity index (χ0) is 9.52. The second-order valence-electron chi connectivity index (χ2n) is 4.44. The quantitative estimate of drug-likeness (QED) is 0.636. The highest BCUT2D eigenvalue weighted by Crippen LogP contribution is 2.16. The van der Waals surface area contributed by atoms with Crippen molar-refractivity contribution in [2.45, 2.75) is 45.6 Å². The first-order valence-electron chi connectivity index (χ1n) is 5.73. The molecule has 1 rings (SSSR count). The van der Waals surface area contributed by atoms with Gasteiger partial charge in [-0.1, -0.05) is 13.8 Å². The van der Waals surface area contributed by atoms with Gasteiger partial charge < -0.3 is 10.6 Å². The molecule has 1 aliphatic rings. The van der Waals surface area contributed by atoms with Crippen LogP contribution in [-0.2, 0) is 0 Å². The molecule has 0 amide bonds. The van der Waals surface area contributed by atoms with Gasteiger partial charge in [0.1, 0.15) is 0 Å². The minimum atomic E-state index is 0.646. The maximum atomic E-state index is 3.47. The van der Waals surface area contributed by atoms with E-state index in [1.54, 1.807) is 0 Å². The van der Waals surface area contributed by atoms with Crippen molar-refractivity contribution in [1.82, 2.24) is 10.6 Å². The third kappa shape index (κ3) is 5.27. The average molecular weight is 184 g/mol. The zero-order valence-electron chi connectivity index (χ0n) is 9.10.